The molecule has 0 aliphatic carbocycles. The maximum atomic E-state index is 14.3. The molecule has 1 amide bonds. The number of sulfonamides is 1. The van der Waals surface area contributed by atoms with Gasteiger partial charge in [-0.25, -0.2) is 8.42 Å². The van der Waals surface area contributed by atoms with Crippen molar-refractivity contribution in [3.8, 4) is 0 Å². The van der Waals surface area contributed by atoms with Gasteiger partial charge in [-0.3, -0.25) is 4.79 Å². The average Bonchev–Trinajstić information content (AvgIpc) is 2.83. The Balaban J connectivity index is 2.23. The molecule has 5 nitrogen and oxygen atoms in total. The highest BCUT2D eigenvalue weighted by molar-refractivity contribution is 7.88. The highest BCUT2D eigenvalue weighted by Gasteiger charge is 2.51. The van der Waals surface area contributed by atoms with E-state index in [-0.39, 0.29) is 18.2 Å². The van der Waals surface area contributed by atoms with Crippen LogP contribution in [0.15, 0.2) is 61.2 Å². The Labute approximate surface area is 238 Å². The van der Waals surface area contributed by atoms with E-state index >= 15 is 0 Å². The van der Waals surface area contributed by atoms with Crippen LogP contribution in [0, 0.1) is 5.41 Å². The fourth-order valence-corrected chi connectivity index (χ4v) is 6.60. The molecular weight excluding hydrogens is 572 g/mol. The lowest BCUT2D eigenvalue weighted by atomic mass is 9.67. The summed E-state index contributed by atoms with van der Waals surface area (Å²) in [6, 6.07) is 12.8. The Morgan fingerprint density at radius 3 is 2.31 bits per heavy atom. The van der Waals surface area contributed by atoms with Gasteiger partial charge in [0.25, 0.3) is 0 Å². The molecule has 1 saturated heterocycles. The fraction of sp³-hybridized carbons (Fsp3) is 0.464. The van der Waals surface area contributed by atoms with Gasteiger partial charge in [0.2, 0.25) is 15.9 Å². The second-order valence-corrected chi connectivity index (χ2v) is 13.2. The molecule has 1 heterocycles. The van der Waals surface area contributed by atoms with E-state index in [0.717, 1.165) is 17.4 Å². The predicted molar refractivity (Wildman–Crippen MR) is 149 cm³/mol. The van der Waals surface area contributed by atoms with Gasteiger partial charge in [0.05, 0.1) is 17.7 Å². The summed E-state index contributed by atoms with van der Waals surface area (Å²) in [6.07, 6.45) is -1.36. The maximum absolute atomic E-state index is 14.3. The van der Waals surface area contributed by atoms with Crippen LogP contribution >= 0.6 is 23.2 Å². The van der Waals surface area contributed by atoms with E-state index in [9.17, 15) is 26.4 Å². The van der Waals surface area contributed by atoms with E-state index in [1.807, 2.05) is 25.1 Å². The summed E-state index contributed by atoms with van der Waals surface area (Å²) in [6.45, 7) is 5.23. The van der Waals surface area contributed by atoms with E-state index in [1.54, 1.807) is 48.2 Å². The van der Waals surface area contributed by atoms with Crippen molar-refractivity contribution in [3.63, 3.8) is 0 Å². The first-order chi connectivity index (χ1) is 18.1. The van der Waals surface area contributed by atoms with Gasteiger partial charge in [0.15, 0.2) is 0 Å². The smallest absolute Gasteiger partial charge is 0.330 e. The number of alkyl halides is 3. The lowest BCUT2D eigenvalue weighted by Gasteiger charge is -2.52. The third-order valence-electron chi connectivity index (χ3n) is 7.29. The highest BCUT2D eigenvalue weighted by Crippen LogP contribution is 2.52. The summed E-state index contributed by atoms with van der Waals surface area (Å²) in [7, 11) is -4.23. The van der Waals surface area contributed by atoms with Gasteiger partial charge in [-0.2, -0.15) is 17.5 Å². The number of carbonyl (C=O) groups excluding carboxylic acids is 1. The molecule has 1 aliphatic heterocycles. The molecule has 4 atom stereocenters. The molecule has 3 rings (SSSR count). The van der Waals surface area contributed by atoms with Crippen LogP contribution < -0.4 is 0 Å². The first-order valence-corrected chi connectivity index (χ1v) is 15.2. The normalized spacial score (nSPS) is 23.2. The minimum absolute atomic E-state index is 0.228. The minimum atomic E-state index is -4.75. The van der Waals surface area contributed by atoms with Crippen LogP contribution in [-0.4, -0.2) is 55.1 Å². The molecule has 39 heavy (non-hydrogen) atoms. The Morgan fingerprint density at radius 2 is 1.79 bits per heavy atom. The zero-order valence-corrected chi connectivity index (χ0v) is 24.4. The van der Waals surface area contributed by atoms with Crippen molar-refractivity contribution in [3.05, 3.63) is 82.4 Å². The number of hydrogen-bond acceptors (Lipinski definition) is 3. The average molecular weight is 606 g/mol. The van der Waals surface area contributed by atoms with Crippen molar-refractivity contribution in [1.29, 1.82) is 0 Å². The Hall–Kier alpha value is -2.07. The van der Waals surface area contributed by atoms with Crippen LogP contribution in [-0.2, 0) is 14.8 Å². The standard InChI is InChI=1S/C28H33Cl2F3N2O3S/c1-5-14-27(3)16-24(20-8-7-9-22(30)15-20)25(19-10-12-21(29)13-11-19)35(26(27)36)23(6-2)17-34(39(4,37)38)18-28(31,32)33/h5,7-13,15,23-25H,1,6,14,16-18H2,2-4H3/t23-,24+,25?,27-/m0/s1. The third-order valence-corrected chi connectivity index (χ3v) is 8.99. The molecule has 0 bridgehead atoms. The Morgan fingerprint density at radius 1 is 1.15 bits per heavy atom. The molecule has 2 aromatic carbocycles. The van der Waals surface area contributed by atoms with Gasteiger partial charge >= 0.3 is 6.18 Å². The number of nitrogens with zero attached hydrogens (tertiary/aromatic N) is 2. The number of hydrogen-bond donors (Lipinski definition) is 0. The lowest BCUT2D eigenvalue weighted by Crippen LogP contribution is -2.58. The summed E-state index contributed by atoms with van der Waals surface area (Å²) in [5, 5.41) is 1.00. The molecule has 0 radical (unpaired) electrons. The molecule has 214 valence electrons. The van der Waals surface area contributed by atoms with Crippen LogP contribution in [0.1, 0.15) is 56.2 Å². The number of rotatable bonds is 10. The van der Waals surface area contributed by atoms with Crippen molar-refractivity contribution in [2.45, 2.75) is 57.3 Å². The van der Waals surface area contributed by atoms with Crippen molar-refractivity contribution in [1.82, 2.24) is 9.21 Å². The van der Waals surface area contributed by atoms with Gasteiger partial charge in [0.1, 0.15) is 6.54 Å². The minimum Gasteiger partial charge on any atom is -0.330 e. The van der Waals surface area contributed by atoms with Crippen LogP contribution in [0.4, 0.5) is 13.2 Å². The molecular formula is C28H33Cl2F3N2O3S. The zero-order chi connectivity index (χ0) is 29.2. The summed E-state index contributed by atoms with van der Waals surface area (Å²) in [5.74, 6) is -0.566. The second kappa shape index (κ2) is 12.2. The Bertz CT molecular complexity index is 1290. The van der Waals surface area contributed by atoms with E-state index in [1.165, 1.54) is 0 Å². The number of benzene rings is 2. The van der Waals surface area contributed by atoms with Gasteiger partial charge in [-0.15, -0.1) is 6.58 Å². The predicted octanol–water partition coefficient (Wildman–Crippen LogP) is 7.24. The molecule has 1 unspecified atom stereocenters. The first kappa shape index (κ1) is 31.5. The number of allylic oxidation sites excluding steroid dienone is 1. The van der Waals surface area contributed by atoms with Gasteiger partial charge < -0.3 is 4.90 Å². The van der Waals surface area contributed by atoms with Crippen molar-refractivity contribution in [2.75, 3.05) is 19.3 Å². The van der Waals surface area contributed by atoms with E-state index in [2.05, 4.69) is 6.58 Å². The number of carbonyl (C=O) groups is 1. The van der Waals surface area contributed by atoms with Crippen molar-refractivity contribution < 1.29 is 26.4 Å². The molecule has 0 saturated carbocycles. The van der Waals surface area contributed by atoms with Crippen LogP contribution in [0.5, 0.6) is 0 Å². The number of halogens is 5. The largest absolute Gasteiger partial charge is 0.402 e. The maximum Gasteiger partial charge on any atom is 0.402 e. The molecule has 1 aliphatic rings. The summed E-state index contributed by atoms with van der Waals surface area (Å²) in [4.78, 5) is 15.9. The third kappa shape index (κ3) is 7.57. The van der Waals surface area contributed by atoms with E-state index in [0.29, 0.717) is 27.2 Å². The molecule has 0 aromatic heterocycles. The summed E-state index contributed by atoms with van der Waals surface area (Å²) in [5.41, 5.74) is 0.671. The van der Waals surface area contributed by atoms with Gasteiger partial charge in [-0.05, 0) is 54.7 Å². The topological polar surface area (TPSA) is 57.7 Å². The molecule has 0 N–H and O–H groups in total. The number of amides is 1. The lowest BCUT2D eigenvalue weighted by molar-refractivity contribution is -0.156. The highest BCUT2D eigenvalue weighted by atomic mass is 35.5. The molecule has 11 heteroatoms. The van der Waals surface area contributed by atoms with Crippen LogP contribution in [0.25, 0.3) is 0 Å². The summed E-state index contributed by atoms with van der Waals surface area (Å²) < 4.78 is 65.5. The van der Waals surface area contributed by atoms with Crippen LogP contribution in [0.3, 0.4) is 0 Å². The zero-order valence-electron chi connectivity index (χ0n) is 22.1. The Kier molecular flexibility index (Phi) is 9.85. The fourth-order valence-electron chi connectivity index (χ4n) is 5.45. The van der Waals surface area contributed by atoms with Crippen molar-refractivity contribution >= 4 is 39.1 Å². The first-order valence-electron chi connectivity index (χ1n) is 12.6. The number of piperidine rings is 1. The van der Waals surface area contributed by atoms with Gasteiger partial charge in [-0.1, -0.05) is 67.4 Å². The molecule has 2 aromatic rings. The monoisotopic (exact) mass is 604 g/mol. The molecule has 0 spiro atoms. The van der Waals surface area contributed by atoms with E-state index < -0.39 is 46.8 Å². The van der Waals surface area contributed by atoms with Crippen molar-refractivity contribution in [2.24, 2.45) is 5.41 Å². The summed E-state index contributed by atoms with van der Waals surface area (Å²) >= 11 is 12.5. The van der Waals surface area contributed by atoms with Crippen LogP contribution in [0.2, 0.25) is 10.0 Å². The quantitative estimate of drug-likeness (QED) is 0.269. The van der Waals surface area contributed by atoms with E-state index in [4.69, 9.17) is 23.2 Å². The SMILES string of the molecule is C=CC[C@@]1(C)C[C@H](c2cccc(Cl)c2)C(c2ccc(Cl)cc2)N([C@@H](CC)CN(CC(F)(F)F)S(C)(=O)=O)C1=O. The second-order valence-electron chi connectivity index (χ2n) is 10.4. The molecule has 1 fully saturated rings. The van der Waals surface area contributed by atoms with Gasteiger partial charge in [0, 0.05) is 28.5 Å². The number of likely N-dealkylation sites (tertiary alicyclic amines) is 1.